The number of sulfonamides is 1. The van der Waals surface area contributed by atoms with E-state index in [-0.39, 0.29) is 12.3 Å². The van der Waals surface area contributed by atoms with E-state index < -0.39 is 21.1 Å². The second-order valence-electron chi connectivity index (χ2n) is 3.45. The summed E-state index contributed by atoms with van der Waals surface area (Å²) in [4.78, 5) is 0. The number of nitrogens with zero attached hydrogens (tertiary/aromatic N) is 1. The Morgan fingerprint density at radius 1 is 1.47 bits per heavy atom. The predicted molar refractivity (Wildman–Crippen MR) is 64.1 cm³/mol. The quantitative estimate of drug-likeness (QED) is 0.773. The first-order valence-electron chi connectivity index (χ1n) is 4.73. The predicted octanol–water partition coefficient (Wildman–Crippen LogP) is 1.79. The second kappa shape index (κ2) is 5.66. The molecule has 1 rings (SSSR count). The molecular formula is C10H13ClFNO3S. The Morgan fingerprint density at radius 3 is 2.59 bits per heavy atom. The monoisotopic (exact) mass is 281 g/mol. The third kappa shape index (κ3) is 3.55. The van der Waals surface area contributed by atoms with Gasteiger partial charge >= 0.3 is 0 Å². The highest BCUT2D eigenvalue weighted by Crippen LogP contribution is 2.19. The van der Waals surface area contributed by atoms with Crippen molar-refractivity contribution in [1.29, 1.82) is 0 Å². The van der Waals surface area contributed by atoms with Crippen molar-refractivity contribution in [2.75, 3.05) is 19.4 Å². The number of hydrogen-bond donors (Lipinski definition) is 0. The van der Waals surface area contributed by atoms with Gasteiger partial charge in [-0.2, -0.15) is 4.31 Å². The van der Waals surface area contributed by atoms with Crippen LogP contribution in [0, 0.1) is 5.82 Å². The summed E-state index contributed by atoms with van der Waals surface area (Å²) in [6.07, 6.45) is 0. The van der Waals surface area contributed by atoms with Gasteiger partial charge in [0.2, 0.25) is 10.0 Å². The third-order valence-corrected chi connectivity index (χ3v) is 4.42. The molecule has 0 bridgehead atoms. The van der Waals surface area contributed by atoms with Gasteiger partial charge in [-0.25, -0.2) is 12.8 Å². The zero-order chi connectivity index (χ0) is 13.1. The van der Waals surface area contributed by atoms with Crippen molar-refractivity contribution in [3.63, 3.8) is 0 Å². The molecule has 96 valence electrons. The van der Waals surface area contributed by atoms with Crippen LogP contribution >= 0.6 is 11.6 Å². The lowest BCUT2D eigenvalue weighted by Crippen LogP contribution is -2.27. The van der Waals surface area contributed by atoms with Gasteiger partial charge in [0.05, 0.1) is 7.11 Å². The highest BCUT2D eigenvalue weighted by Gasteiger charge is 2.17. The van der Waals surface area contributed by atoms with Crippen molar-refractivity contribution >= 4 is 21.6 Å². The van der Waals surface area contributed by atoms with Gasteiger partial charge in [-0.15, -0.1) is 11.6 Å². The lowest BCUT2D eigenvalue weighted by atomic mass is 10.2. The van der Waals surface area contributed by atoms with E-state index in [2.05, 4.69) is 0 Å². The minimum Gasteiger partial charge on any atom is -0.494 e. The van der Waals surface area contributed by atoms with Crippen molar-refractivity contribution in [2.24, 2.45) is 0 Å². The molecule has 0 aliphatic rings. The van der Waals surface area contributed by atoms with Crippen LogP contribution in [-0.2, 0) is 16.6 Å². The van der Waals surface area contributed by atoms with Crippen LogP contribution < -0.4 is 4.74 Å². The lowest BCUT2D eigenvalue weighted by Gasteiger charge is -2.15. The van der Waals surface area contributed by atoms with E-state index >= 15 is 0 Å². The van der Waals surface area contributed by atoms with Crippen LogP contribution in [0.15, 0.2) is 18.2 Å². The summed E-state index contributed by atoms with van der Waals surface area (Å²) in [6, 6.07) is 4.28. The largest absolute Gasteiger partial charge is 0.494 e. The molecule has 7 heteroatoms. The van der Waals surface area contributed by atoms with Crippen molar-refractivity contribution in [3.8, 4) is 5.75 Å². The standard InChI is InChI=1S/C10H13ClFNO3S/c1-13(17(14,15)7-11)6-8-3-4-10(16-2)9(12)5-8/h3-5H,6-7H2,1-2H3. The molecule has 4 nitrogen and oxygen atoms in total. The van der Waals surface area contributed by atoms with Crippen LogP contribution in [0.2, 0.25) is 0 Å². The Labute approximate surface area is 105 Å². The molecule has 1 aromatic rings. The Bertz CT molecular complexity index is 492. The summed E-state index contributed by atoms with van der Waals surface area (Å²) < 4.78 is 42.0. The molecule has 0 unspecified atom stereocenters. The number of halogens is 2. The zero-order valence-electron chi connectivity index (χ0n) is 9.48. The van der Waals surface area contributed by atoms with Gasteiger partial charge in [0.15, 0.2) is 11.6 Å². The fraction of sp³-hybridized carbons (Fsp3) is 0.400. The SMILES string of the molecule is COc1ccc(CN(C)S(=O)(=O)CCl)cc1F. The maximum atomic E-state index is 13.4. The normalized spacial score (nSPS) is 11.8. The second-order valence-corrected chi connectivity index (χ2v) is 6.11. The zero-order valence-corrected chi connectivity index (χ0v) is 11.1. The van der Waals surface area contributed by atoms with Gasteiger partial charge < -0.3 is 4.74 Å². The van der Waals surface area contributed by atoms with E-state index in [0.29, 0.717) is 5.56 Å². The molecule has 0 spiro atoms. The smallest absolute Gasteiger partial charge is 0.228 e. The van der Waals surface area contributed by atoms with Crippen molar-refractivity contribution < 1.29 is 17.5 Å². The maximum absolute atomic E-state index is 13.4. The molecule has 17 heavy (non-hydrogen) atoms. The highest BCUT2D eigenvalue weighted by atomic mass is 35.5. The van der Waals surface area contributed by atoms with E-state index in [4.69, 9.17) is 16.3 Å². The first kappa shape index (κ1) is 14.2. The molecule has 0 saturated heterocycles. The molecule has 0 N–H and O–H groups in total. The van der Waals surface area contributed by atoms with Crippen LogP contribution in [0.5, 0.6) is 5.75 Å². The minimum absolute atomic E-state index is 0.0654. The van der Waals surface area contributed by atoms with E-state index in [9.17, 15) is 12.8 Å². The topological polar surface area (TPSA) is 46.6 Å². The Kier molecular flexibility index (Phi) is 4.73. The first-order chi connectivity index (χ1) is 7.90. The third-order valence-electron chi connectivity index (χ3n) is 2.23. The number of ether oxygens (including phenoxy) is 1. The van der Waals surface area contributed by atoms with Gasteiger partial charge in [0.25, 0.3) is 0 Å². The number of hydrogen-bond acceptors (Lipinski definition) is 3. The van der Waals surface area contributed by atoms with Gasteiger partial charge in [-0.1, -0.05) is 6.07 Å². The van der Waals surface area contributed by atoms with Crippen molar-refractivity contribution in [2.45, 2.75) is 6.54 Å². The molecule has 0 amide bonds. The summed E-state index contributed by atoms with van der Waals surface area (Å²) in [5.74, 6) is -0.404. The van der Waals surface area contributed by atoms with Crippen LogP contribution in [0.3, 0.4) is 0 Å². The van der Waals surface area contributed by atoms with E-state index in [1.165, 1.54) is 26.3 Å². The lowest BCUT2D eigenvalue weighted by molar-refractivity contribution is 0.385. The molecule has 0 aromatic heterocycles. The minimum atomic E-state index is -3.48. The Balaban J connectivity index is 2.86. The maximum Gasteiger partial charge on any atom is 0.228 e. The fourth-order valence-corrected chi connectivity index (χ4v) is 2.26. The average molecular weight is 282 g/mol. The van der Waals surface area contributed by atoms with E-state index in [1.807, 2.05) is 0 Å². The highest BCUT2D eigenvalue weighted by molar-refractivity contribution is 7.90. The molecule has 0 aliphatic heterocycles. The number of alkyl halides is 1. The van der Waals surface area contributed by atoms with Crippen LogP contribution in [0.1, 0.15) is 5.56 Å². The summed E-state index contributed by atoms with van der Waals surface area (Å²) in [7, 11) is -0.728. The van der Waals surface area contributed by atoms with Crippen LogP contribution in [0.4, 0.5) is 4.39 Å². The van der Waals surface area contributed by atoms with Crippen molar-refractivity contribution in [3.05, 3.63) is 29.6 Å². The molecule has 0 atom stereocenters. The molecule has 0 aliphatic carbocycles. The van der Waals surface area contributed by atoms with Gasteiger partial charge in [0, 0.05) is 13.6 Å². The molecule has 0 fully saturated rings. The molecule has 0 radical (unpaired) electrons. The van der Waals surface area contributed by atoms with E-state index in [1.54, 1.807) is 6.07 Å². The summed E-state index contributed by atoms with van der Waals surface area (Å²) in [6.45, 7) is 0.0654. The Morgan fingerprint density at radius 2 is 2.12 bits per heavy atom. The molecule has 0 heterocycles. The van der Waals surface area contributed by atoms with Crippen LogP contribution in [0.25, 0.3) is 0 Å². The first-order valence-corrected chi connectivity index (χ1v) is 6.87. The Hall–Kier alpha value is -0.850. The fourth-order valence-electron chi connectivity index (χ4n) is 1.25. The number of benzene rings is 1. The van der Waals surface area contributed by atoms with Gasteiger partial charge in [-0.05, 0) is 17.7 Å². The molecule has 0 saturated carbocycles. The van der Waals surface area contributed by atoms with Crippen molar-refractivity contribution in [1.82, 2.24) is 4.31 Å². The van der Waals surface area contributed by atoms with Gasteiger partial charge in [-0.3, -0.25) is 0 Å². The number of methoxy groups -OCH3 is 1. The molecular weight excluding hydrogens is 269 g/mol. The summed E-state index contributed by atoms with van der Waals surface area (Å²) in [5, 5.41) is -0.498. The van der Waals surface area contributed by atoms with E-state index in [0.717, 1.165) is 4.31 Å². The summed E-state index contributed by atoms with van der Waals surface area (Å²) >= 11 is 5.31. The van der Waals surface area contributed by atoms with Gasteiger partial charge in [0.1, 0.15) is 5.21 Å². The van der Waals surface area contributed by atoms with Crippen LogP contribution in [-0.4, -0.2) is 32.1 Å². The number of rotatable bonds is 5. The summed E-state index contributed by atoms with van der Waals surface area (Å²) in [5.41, 5.74) is 0.527. The molecule has 1 aromatic carbocycles. The average Bonchev–Trinajstić information content (AvgIpc) is 2.29.